The Hall–Kier alpha value is -2.62. The van der Waals surface area contributed by atoms with Crippen LogP contribution in [0.15, 0.2) is 18.2 Å². The van der Waals surface area contributed by atoms with Crippen LogP contribution in [0.2, 0.25) is 0 Å². The summed E-state index contributed by atoms with van der Waals surface area (Å²) in [5, 5.41) is 28.9. The highest BCUT2D eigenvalue weighted by Gasteiger charge is 2.22. The van der Waals surface area contributed by atoms with Gasteiger partial charge in [-0.3, -0.25) is 14.9 Å². The number of hydrogen-bond donors (Lipinski definition) is 1. The lowest BCUT2D eigenvalue weighted by Crippen LogP contribution is -2.32. The van der Waals surface area contributed by atoms with E-state index in [0.29, 0.717) is 12.1 Å². The Labute approximate surface area is 116 Å². The van der Waals surface area contributed by atoms with Crippen molar-refractivity contribution in [3.8, 4) is 6.07 Å². The van der Waals surface area contributed by atoms with Crippen molar-refractivity contribution in [3.63, 3.8) is 0 Å². The second-order valence-electron chi connectivity index (χ2n) is 4.35. The summed E-state index contributed by atoms with van der Waals surface area (Å²) in [7, 11) is 0. The molecule has 0 bridgehead atoms. The molecule has 0 saturated heterocycles. The highest BCUT2D eigenvalue weighted by molar-refractivity contribution is 5.72. The van der Waals surface area contributed by atoms with Gasteiger partial charge in [-0.05, 0) is 19.1 Å². The van der Waals surface area contributed by atoms with Crippen molar-refractivity contribution in [3.05, 3.63) is 33.9 Å². The van der Waals surface area contributed by atoms with Crippen LogP contribution >= 0.6 is 0 Å². The number of benzene rings is 1. The van der Waals surface area contributed by atoms with Gasteiger partial charge in [0.15, 0.2) is 0 Å². The summed E-state index contributed by atoms with van der Waals surface area (Å²) in [6.45, 7) is 3.86. The summed E-state index contributed by atoms with van der Waals surface area (Å²) >= 11 is 0. The number of nitriles is 1. The fourth-order valence-electron chi connectivity index (χ4n) is 1.81. The van der Waals surface area contributed by atoms with E-state index in [4.69, 9.17) is 10.4 Å². The molecule has 1 atom stereocenters. The molecule has 0 heterocycles. The van der Waals surface area contributed by atoms with E-state index in [0.717, 1.165) is 0 Å². The maximum absolute atomic E-state index is 11.0. The number of nitrogens with zero attached hydrogens (tertiary/aromatic N) is 3. The van der Waals surface area contributed by atoms with E-state index in [1.807, 2.05) is 6.07 Å². The molecule has 0 amide bonds. The number of aliphatic carboxylic acids is 1. The van der Waals surface area contributed by atoms with Crippen LogP contribution in [-0.2, 0) is 4.79 Å². The van der Waals surface area contributed by atoms with Gasteiger partial charge in [-0.15, -0.1) is 0 Å². The Morgan fingerprint density at radius 2 is 2.25 bits per heavy atom. The van der Waals surface area contributed by atoms with Gasteiger partial charge in [-0.1, -0.05) is 6.92 Å². The largest absolute Gasteiger partial charge is 0.481 e. The molecule has 106 valence electrons. The SMILES string of the molecule is CCN(CC(C)C(=O)O)c1cc(C#N)ccc1[N+](=O)[O-]. The number of carboxylic acids is 1. The summed E-state index contributed by atoms with van der Waals surface area (Å²) in [6, 6.07) is 5.97. The summed E-state index contributed by atoms with van der Waals surface area (Å²) in [5.74, 6) is -1.64. The van der Waals surface area contributed by atoms with Crippen LogP contribution < -0.4 is 4.90 Å². The predicted molar refractivity (Wildman–Crippen MR) is 72.5 cm³/mol. The average molecular weight is 277 g/mol. The number of rotatable bonds is 6. The number of carbonyl (C=O) groups is 1. The lowest BCUT2D eigenvalue weighted by atomic mass is 10.1. The molecule has 0 aromatic heterocycles. The minimum absolute atomic E-state index is 0.136. The van der Waals surface area contributed by atoms with E-state index in [1.165, 1.54) is 25.1 Å². The molecule has 7 heteroatoms. The van der Waals surface area contributed by atoms with E-state index in [2.05, 4.69) is 0 Å². The van der Waals surface area contributed by atoms with E-state index >= 15 is 0 Å². The van der Waals surface area contributed by atoms with Crippen molar-refractivity contribution < 1.29 is 14.8 Å². The summed E-state index contributed by atoms with van der Waals surface area (Å²) in [4.78, 5) is 23.0. The molecule has 7 nitrogen and oxygen atoms in total. The molecule has 0 radical (unpaired) electrons. The zero-order valence-electron chi connectivity index (χ0n) is 11.2. The van der Waals surface area contributed by atoms with Crippen molar-refractivity contribution in [2.45, 2.75) is 13.8 Å². The third-order valence-corrected chi connectivity index (χ3v) is 2.94. The fraction of sp³-hybridized carbons (Fsp3) is 0.385. The number of anilines is 1. The van der Waals surface area contributed by atoms with Gasteiger partial charge in [-0.2, -0.15) is 5.26 Å². The van der Waals surface area contributed by atoms with E-state index < -0.39 is 16.8 Å². The molecule has 0 spiro atoms. The van der Waals surface area contributed by atoms with Crippen molar-refractivity contribution >= 4 is 17.3 Å². The van der Waals surface area contributed by atoms with Crippen LogP contribution in [0.1, 0.15) is 19.4 Å². The number of carboxylic acid groups (broad SMARTS) is 1. The molecule has 1 aromatic rings. The van der Waals surface area contributed by atoms with Crippen LogP contribution in [0.25, 0.3) is 0 Å². The van der Waals surface area contributed by atoms with Crippen molar-refractivity contribution in [1.82, 2.24) is 0 Å². The summed E-state index contributed by atoms with van der Waals surface area (Å²) < 4.78 is 0. The third kappa shape index (κ3) is 3.45. The first-order chi connectivity index (χ1) is 9.40. The number of nitro groups is 1. The number of nitro benzene ring substituents is 1. The predicted octanol–water partition coefficient (Wildman–Crippen LogP) is 2.01. The lowest BCUT2D eigenvalue weighted by molar-refractivity contribution is -0.384. The van der Waals surface area contributed by atoms with Gasteiger partial charge in [0, 0.05) is 19.2 Å². The third-order valence-electron chi connectivity index (χ3n) is 2.94. The molecule has 0 aliphatic heterocycles. The van der Waals surface area contributed by atoms with Crippen LogP contribution in [0.5, 0.6) is 0 Å². The van der Waals surface area contributed by atoms with Gasteiger partial charge in [-0.25, -0.2) is 0 Å². The van der Waals surface area contributed by atoms with Crippen molar-refractivity contribution in [2.24, 2.45) is 5.92 Å². The summed E-state index contributed by atoms with van der Waals surface area (Å²) in [6.07, 6.45) is 0. The molecular weight excluding hydrogens is 262 g/mol. The topological polar surface area (TPSA) is 107 Å². The van der Waals surface area contributed by atoms with E-state index in [9.17, 15) is 14.9 Å². The highest BCUT2D eigenvalue weighted by Crippen LogP contribution is 2.29. The molecule has 0 saturated carbocycles. The van der Waals surface area contributed by atoms with Crippen molar-refractivity contribution in [2.75, 3.05) is 18.0 Å². The first-order valence-electron chi connectivity index (χ1n) is 6.07. The Bertz CT molecular complexity index is 565. The molecule has 1 N–H and O–H groups in total. The van der Waals surface area contributed by atoms with Crippen molar-refractivity contribution in [1.29, 1.82) is 5.26 Å². The smallest absolute Gasteiger partial charge is 0.308 e. The average Bonchev–Trinajstić information content (AvgIpc) is 2.43. The Morgan fingerprint density at radius 3 is 2.70 bits per heavy atom. The maximum atomic E-state index is 11.0. The second-order valence-corrected chi connectivity index (χ2v) is 4.35. The summed E-state index contributed by atoms with van der Waals surface area (Å²) in [5.41, 5.74) is 0.431. The maximum Gasteiger partial charge on any atom is 0.308 e. The standard InChI is InChI=1S/C13H15N3O4/c1-3-15(8-9(2)13(17)18)12-6-10(7-14)4-5-11(12)16(19)20/h4-6,9H,3,8H2,1-2H3,(H,17,18). The van der Waals surface area contributed by atoms with Crippen LogP contribution in [0, 0.1) is 27.4 Å². The zero-order chi connectivity index (χ0) is 15.3. The molecule has 20 heavy (non-hydrogen) atoms. The molecular formula is C13H15N3O4. The van der Waals surface area contributed by atoms with Gasteiger partial charge in [0.1, 0.15) is 5.69 Å². The normalized spacial score (nSPS) is 11.4. The Morgan fingerprint density at radius 1 is 1.60 bits per heavy atom. The van der Waals surface area contributed by atoms with Gasteiger partial charge in [0.2, 0.25) is 0 Å². The zero-order valence-corrected chi connectivity index (χ0v) is 11.2. The highest BCUT2D eigenvalue weighted by atomic mass is 16.6. The first kappa shape index (κ1) is 15.4. The minimum Gasteiger partial charge on any atom is -0.481 e. The monoisotopic (exact) mass is 277 g/mol. The minimum atomic E-state index is -0.970. The second kappa shape index (κ2) is 6.52. The van der Waals surface area contributed by atoms with Gasteiger partial charge in [0.25, 0.3) is 5.69 Å². The van der Waals surface area contributed by atoms with Crippen LogP contribution in [-0.4, -0.2) is 29.1 Å². The van der Waals surface area contributed by atoms with Crippen LogP contribution in [0.4, 0.5) is 11.4 Å². The number of hydrogen-bond acceptors (Lipinski definition) is 5. The van der Waals surface area contributed by atoms with Gasteiger partial charge >= 0.3 is 5.97 Å². The Kier molecular flexibility index (Phi) is 5.03. The molecule has 0 aliphatic rings. The van der Waals surface area contributed by atoms with Gasteiger partial charge < -0.3 is 10.0 Å². The Balaban J connectivity index is 3.22. The first-order valence-corrected chi connectivity index (χ1v) is 6.07. The van der Waals surface area contributed by atoms with E-state index in [1.54, 1.807) is 11.8 Å². The fourth-order valence-corrected chi connectivity index (χ4v) is 1.81. The van der Waals surface area contributed by atoms with Gasteiger partial charge in [0.05, 0.1) is 22.5 Å². The molecule has 1 aromatic carbocycles. The quantitative estimate of drug-likeness (QED) is 0.629. The lowest BCUT2D eigenvalue weighted by Gasteiger charge is -2.24. The molecule has 1 rings (SSSR count). The molecule has 0 aliphatic carbocycles. The van der Waals surface area contributed by atoms with Crippen LogP contribution in [0.3, 0.4) is 0 Å². The van der Waals surface area contributed by atoms with E-state index in [-0.39, 0.29) is 17.9 Å². The molecule has 1 unspecified atom stereocenters. The molecule has 0 fully saturated rings.